The molecule has 1 saturated heterocycles. The van der Waals surface area contributed by atoms with Crippen LogP contribution in [0.5, 0.6) is 11.5 Å². The Balaban J connectivity index is 1.81. The molecule has 1 N–H and O–H groups in total. The Morgan fingerprint density at radius 2 is 2.00 bits per heavy atom. The molecule has 0 unspecified atom stereocenters. The molecule has 1 aromatic rings. The summed E-state index contributed by atoms with van der Waals surface area (Å²) in [6.45, 7) is 0.0847. The second-order valence-electron chi connectivity index (χ2n) is 6.29. The van der Waals surface area contributed by atoms with E-state index in [0.717, 1.165) is 6.42 Å². The number of nitrogens with one attached hydrogen (secondary N) is 1. The van der Waals surface area contributed by atoms with Crippen LogP contribution in [0.25, 0.3) is 0 Å². The highest BCUT2D eigenvalue weighted by Crippen LogP contribution is 2.44. The minimum atomic E-state index is -1.19. The molecule has 4 rings (SSSR count). The number of methoxy groups -OCH3 is 2. The predicted molar refractivity (Wildman–Crippen MR) is 83.6 cm³/mol. The number of ether oxygens (including phenoxy) is 5. The molecule has 1 amide bonds. The lowest BCUT2D eigenvalue weighted by Gasteiger charge is -2.27. The zero-order valence-corrected chi connectivity index (χ0v) is 14.0. The molecule has 1 aliphatic carbocycles. The van der Waals surface area contributed by atoms with E-state index in [9.17, 15) is 9.59 Å². The maximum Gasteiger partial charge on any atom is 0.408 e. The van der Waals surface area contributed by atoms with Crippen molar-refractivity contribution in [2.24, 2.45) is 0 Å². The van der Waals surface area contributed by atoms with E-state index >= 15 is 0 Å². The van der Waals surface area contributed by atoms with E-state index in [2.05, 4.69) is 5.32 Å². The fourth-order valence-corrected chi connectivity index (χ4v) is 3.87. The molecule has 8 heteroatoms. The van der Waals surface area contributed by atoms with Crippen LogP contribution in [0.4, 0.5) is 4.79 Å². The highest BCUT2D eigenvalue weighted by Gasteiger charge is 2.58. The molecule has 2 fully saturated rings. The lowest BCUT2D eigenvalue weighted by Crippen LogP contribution is -2.46. The second-order valence-corrected chi connectivity index (χ2v) is 6.29. The van der Waals surface area contributed by atoms with E-state index in [4.69, 9.17) is 23.7 Å². The van der Waals surface area contributed by atoms with Crippen LogP contribution in [-0.2, 0) is 14.2 Å². The van der Waals surface area contributed by atoms with Gasteiger partial charge in [-0.05, 0) is 31.4 Å². The third kappa shape index (κ3) is 2.36. The van der Waals surface area contributed by atoms with Gasteiger partial charge in [-0.3, -0.25) is 4.79 Å². The zero-order chi connectivity index (χ0) is 17.6. The van der Waals surface area contributed by atoms with E-state index in [1.54, 1.807) is 12.1 Å². The van der Waals surface area contributed by atoms with E-state index in [1.165, 1.54) is 14.2 Å². The summed E-state index contributed by atoms with van der Waals surface area (Å²) in [4.78, 5) is 25.2. The number of hydrogen-bond acceptors (Lipinski definition) is 7. The number of hydrogen-bond donors (Lipinski definition) is 1. The fraction of sp³-hybridized carbons (Fsp3) is 0.529. The van der Waals surface area contributed by atoms with E-state index in [-0.39, 0.29) is 18.6 Å². The summed E-state index contributed by atoms with van der Waals surface area (Å²) in [5.74, 6) is 0.717. The molecular weight excluding hydrogens is 330 g/mol. The third-order valence-corrected chi connectivity index (χ3v) is 5.03. The second kappa shape index (κ2) is 5.89. The molecule has 2 atom stereocenters. The molecule has 3 aliphatic rings. The fourth-order valence-electron chi connectivity index (χ4n) is 3.87. The minimum Gasteiger partial charge on any atom is -0.454 e. The van der Waals surface area contributed by atoms with Crippen LogP contribution in [0.1, 0.15) is 41.5 Å². The Hall–Kier alpha value is -2.32. The Morgan fingerprint density at radius 3 is 2.72 bits per heavy atom. The van der Waals surface area contributed by atoms with Crippen molar-refractivity contribution in [1.29, 1.82) is 0 Å². The quantitative estimate of drug-likeness (QED) is 0.641. The molecule has 0 aromatic heterocycles. The van der Waals surface area contributed by atoms with Crippen molar-refractivity contribution < 1.29 is 33.3 Å². The largest absolute Gasteiger partial charge is 0.454 e. The van der Waals surface area contributed by atoms with Gasteiger partial charge in [-0.2, -0.15) is 0 Å². The van der Waals surface area contributed by atoms with Crippen LogP contribution in [0.3, 0.4) is 0 Å². The van der Waals surface area contributed by atoms with Gasteiger partial charge >= 0.3 is 6.09 Å². The first-order chi connectivity index (χ1) is 12.1. The number of ketones is 1. The van der Waals surface area contributed by atoms with Crippen LogP contribution < -0.4 is 14.8 Å². The average molecular weight is 349 g/mol. The summed E-state index contributed by atoms with van der Waals surface area (Å²) < 4.78 is 26.9. The molecule has 0 bridgehead atoms. The van der Waals surface area contributed by atoms with Crippen molar-refractivity contribution in [1.82, 2.24) is 5.32 Å². The van der Waals surface area contributed by atoms with Gasteiger partial charge in [0.15, 0.2) is 23.4 Å². The molecule has 2 heterocycles. The van der Waals surface area contributed by atoms with Gasteiger partial charge in [-0.15, -0.1) is 0 Å². The molecule has 8 nitrogen and oxygen atoms in total. The molecule has 134 valence electrons. The number of Topliss-reactive ketones (excluding diaryl/α,β-unsaturated/α-hetero) is 1. The first kappa shape index (κ1) is 16.2. The third-order valence-electron chi connectivity index (χ3n) is 5.03. The first-order valence-corrected chi connectivity index (χ1v) is 8.12. The summed E-state index contributed by atoms with van der Waals surface area (Å²) >= 11 is 0. The van der Waals surface area contributed by atoms with Gasteiger partial charge in [-0.25, -0.2) is 4.79 Å². The lowest BCUT2D eigenvalue weighted by atomic mass is 9.86. The molecule has 1 aromatic carbocycles. The van der Waals surface area contributed by atoms with E-state index in [1.807, 2.05) is 0 Å². The highest BCUT2D eigenvalue weighted by atomic mass is 16.7. The van der Waals surface area contributed by atoms with Crippen molar-refractivity contribution >= 4 is 11.9 Å². The summed E-state index contributed by atoms with van der Waals surface area (Å²) in [6, 6.07) is 2.97. The van der Waals surface area contributed by atoms with Gasteiger partial charge in [0, 0.05) is 25.3 Å². The van der Waals surface area contributed by atoms with Crippen molar-refractivity contribution in [2.45, 2.75) is 37.2 Å². The monoisotopic (exact) mass is 349 g/mol. The summed E-state index contributed by atoms with van der Waals surface area (Å²) in [5, 5.41) is 2.74. The summed E-state index contributed by atoms with van der Waals surface area (Å²) in [6.07, 6.45) is 0.669. The minimum absolute atomic E-state index is 0.0847. The lowest BCUT2D eigenvalue weighted by molar-refractivity contribution is -0.106. The molecule has 0 spiro atoms. The van der Waals surface area contributed by atoms with Crippen LogP contribution in [-0.4, -0.2) is 44.5 Å². The zero-order valence-electron chi connectivity index (χ0n) is 14.0. The summed E-state index contributed by atoms with van der Waals surface area (Å²) in [5.41, 5.74) is -0.325. The Bertz CT molecular complexity index is 730. The number of rotatable bonds is 5. The Labute approximate surface area is 144 Å². The van der Waals surface area contributed by atoms with Gasteiger partial charge in [-0.1, -0.05) is 0 Å². The van der Waals surface area contributed by atoms with E-state index in [0.29, 0.717) is 35.5 Å². The van der Waals surface area contributed by atoms with Gasteiger partial charge in [0.1, 0.15) is 0 Å². The van der Waals surface area contributed by atoms with E-state index < -0.39 is 18.0 Å². The number of benzene rings is 1. The van der Waals surface area contributed by atoms with Gasteiger partial charge in [0.05, 0.1) is 6.04 Å². The van der Waals surface area contributed by atoms with Crippen molar-refractivity contribution in [3.05, 3.63) is 23.3 Å². The first-order valence-electron chi connectivity index (χ1n) is 8.12. The average Bonchev–Trinajstić information content (AvgIpc) is 3.28. The Morgan fingerprint density at radius 1 is 1.28 bits per heavy atom. The number of carbonyl (C=O) groups excluding carboxylic acids is 2. The number of fused-ring (bicyclic) bond motifs is 2. The van der Waals surface area contributed by atoms with Crippen molar-refractivity contribution in [3.63, 3.8) is 0 Å². The Kier molecular flexibility index (Phi) is 3.81. The highest BCUT2D eigenvalue weighted by molar-refractivity contribution is 6.07. The topological polar surface area (TPSA) is 92.3 Å². The molecule has 2 aliphatic heterocycles. The van der Waals surface area contributed by atoms with Crippen molar-refractivity contribution in [2.75, 3.05) is 21.0 Å². The standard InChI is InChI=1S/C17H19NO7/c1-21-15(22-2)10-7-12-11(23-8-24-12)6-9(10)14(19)17-5-3-4-13(17)18-16(20)25-17/h6-7,13,15H,3-5,8H2,1-2H3,(H,18,20)/t13-,17+/m0/s1. The molecular formula is C17H19NO7. The predicted octanol–water partition coefficient (Wildman–Crippen LogP) is 1.92. The molecule has 25 heavy (non-hydrogen) atoms. The number of alkyl carbamates (subject to hydrolysis) is 1. The van der Waals surface area contributed by atoms with Gasteiger partial charge in [0.25, 0.3) is 0 Å². The maximum atomic E-state index is 13.4. The van der Waals surface area contributed by atoms with Crippen LogP contribution in [0.15, 0.2) is 12.1 Å². The molecule has 1 saturated carbocycles. The van der Waals surface area contributed by atoms with Gasteiger partial charge in [0.2, 0.25) is 12.6 Å². The van der Waals surface area contributed by atoms with Crippen LogP contribution >= 0.6 is 0 Å². The van der Waals surface area contributed by atoms with Crippen LogP contribution in [0.2, 0.25) is 0 Å². The molecule has 0 radical (unpaired) electrons. The number of amides is 1. The smallest absolute Gasteiger partial charge is 0.408 e. The SMILES string of the molecule is COC(OC)c1cc2c(cc1C(=O)[C@@]13CCC[C@@H]1NC(=O)O3)OCO2. The van der Waals surface area contributed by atoms with Gasteiger partial charge < -0.3 is 29.0 Å². The van der Waals surface area contributed by atoms with Crippen LogP contribution in [0, 0.1) is 0 Å². The number of carbonyl (C=O) groups is 2. The maximum absolute atomic E-state index is 13.4. The normalized spacial score (nSPS) is 26.5. The summed E-state index contributed by atoms with van der Waals surface area (Å²) in [7, 11) is 2.97. The van der Waals surface area contributed by atoms with Crippen molar-refractivity contribution in [3.8, 4) is 11.5 Å².